The molecule has 3 rings (SSSR count). The smallest absolute Gasteiger partial charge is 0.276 e. The van der Waals surface area contributed by atoms with E-state index in [9.17, 15) is 0 Å². The number of piperidine rings is 1. The largest absolute Gasteiger partial charge is 1.00 e. The summed E-state index contributed by atoms with van der Waals surface area (Å²) >= 11 is 13.4. The van der Waals surface area contributed by atoms with Gasteiger partial charge in [0.1, 0.15) is 0 Å². The van der Waals surface area contributed by atoms with E-state index in [-0.39, 0.29) is 12.4 Å². The molecule has 1 aliphatic rings. The number of halogens is 3. The van der Waals surface area contributed by atoms with Crippen LogP contribution in [0.25, 0.3) is 0 Å². The number of aromatic nitrogens is 2. The molecule has 120 valence electrons. The Morgan fingerprint density at radius 3 is 2.68 bits per heavy atom. The summed E-state index contributed by atoms with van der Waals surface area (Å²) in [5.41, 5.74) is 1.08. The van der Waals surface area contributed by atoms with Crippen molar-refractivity contribution in [3.63, 3.8) is 0 Å². The van der Waals surface area contributed by atoms with Gasteiger partial charge in [0.25, 0.3) is 5.22 Å². The van der Waals surface area contributed by atoms with Gasteiger partial charge in [-0.15, -0.1) is 10.2 Å². The summed E-state index contributed by atoms with van der Waals surface area (Å²) < 4.78 is 5.75. The molecule has 0 spiro atoms. The number of thioether (sulfide) groups is 1. The van der Waals surface area contributed by atoms with Crippen molar-refractivity contribution >= 4 is 35.0 Å². The van der Waals surface area contributed by atoms with Gasteiger partial charge in [0.05, 0.1) is 10.0 Å². The van der Waals surface area contributed by atoms with E-state index in [1.165, 1.54) is 11.8 Å². The highest BCUT2D eigenvalue weighted by atomic mass is 35.5. The first kappa shape index (κ1) is 17.9. The fourth-order valence-corrected chi connectivity index (χ4v) is 3.32. The summed E-state index contributed by atoms with van der Waals surface area (Å²) in [6.45, 7) is 2.03. The minimum Gasteiger partial charge on any atom is -1.00 e. The molecule has 1 aromatic heterocycles. The molecule has 2 aromatic rings. The maximum atomic E-state index is 6.00. The summed E-state index contributed by atoms with van der Waals surface area (Å²) in [6.07, 6.45) is 2.11. The normalized spacial score (nSPS) is 15.5. The van der Waals surface area contributed by atoms with Gasteiger partial charge in [0.2, 0.25) is 5.89 Å². The lowest BCUT2D eigenvalue weighted by Crippen LogP contribution is -3.00. The Kier molecular flexibility index (Phi) is 6.84. The Labute approximate surface area is 149 Å². The third-order valence-electron chi connectivity index (χ3n) is 3.46. The van der Waals surface area contributed by atoms with Crippen LogP contribution in [-0.2, 0) is 5.75 Å². The quantitative estimate of drug-likeness (QED) is 0.807. The van der Waals surface area contributed by atoms with Crippen LogP contribution < -0.4 is 17.7 Å². The highest BCUT2D eigenvalue weighted by molar-refractivity contribution is 7.98. The van der Waals surface area contributed by atoms with Crippen LogP contribution in [0.5, 0.6) is 0 Å². The van der Waals surface area contributed by atoms with Crippen LogP contribution in [0.4, 0.5) is 0 Å². The second kappa shape index (κ2) is 8.41. The molecule has 4 nitrogen and oxygen atoms in total. The highest BCUT2D eigenvalue weighted by Gasteiger charge is 2.21. The zero-order valence-corrected chi connectivity index (χ0v) is 14.8. The van der Waals surface area contributed by atoms with Crippen LogP contribution in [0.3, 0.4) is 0 Å². The molecule has 0 bridgehead atoms. The minimum absolute atomic E-state index is 0. The van der Waals surface area contributed by atoms with Crippen molar-refractivity contribution < 1.29 is 16.8 Å². The molecule has 1 fully saturated rings. The number of benzene rings is 1. The third kappa shape index (κ3) is 4.52. The first-order valence-corrected chi connectivity index (χ1v) is 8.57. The van der Waals surface area contributed by atoms with Crippen molar-refractivity contribution in [1.29, 1.82) is 0 Å². The zero-order valence-electron chi connectivity index (χ0n) is 11.7. The van der Waals surface area contributed by atoms with E-state index in [2.05, 4.69) is 15.5 Å². The van der Waals surface area contributed by atoms with Gasteiger partial charge in [-0.25, -0.2) is 0 Å². The van der Waals surface area contributed by atoms with Crippen LogP contribution in [0.1, 0.15) is 30.2 Å². The zero-order chi connectivity index (χ0) is 14.7. The van der Waals surface area contributed by atoms with Crippen LogP contribution in [-0.4, -0.2) is 23.3 Å². The summed E-state index contributed by atoms with van der Waals surface area (Å²) in [6, 6.07) is 5.61. The van der Waals surface area contributed by atoms with E-state index in [0.717, 1.165) is 43.1 Å². The Morgan fingerprint density at radius 2 is 1.95 bits per heavy atom. The molecule has 2 heterocycles. The van der Waals surface area contributed by atoms with Crippen molar-refractivity contribution in [2.75, 3.05) is 13.1 Å². The molecule has 0 atom stereocenters. The SMILES string of the molecule is Clc1ccc(CSc2nnc(C3CCNCC3)o2)cc1Cl.[Cl-]. The van der Waals surface area contributed by atoms with E-state index in [1.54, 1.807) is 6.07 Å². The summed E-state index contributed by atoms with van der Waals surface area (Å²) in [4.78, 5) is 0. The molecule has 22 heavy (non-hydrogen) atoms. The monoisotopic (exact) mass is 378 g/mol. The molecule has 0 aliphatic carbocycles. The molecular formula is C14H15Cl3N3OS-. The number of nitrogens with zero attached hydrogens (tertiary/aromatic N) is 2. The molecule has 1 aromatic carbocycles. The van der Waals surface area contributed by atoms with Gasteiger partial charge < -0.3 is 22.1 Å². The van der Waals surface area contributed by atoms with Gasteiger partial charge in [-0.05, 0) is 43.6 Å². The Morgan fingerprint density at radius 1 is 1.18 bits per heavy atom. The van der Waals surface area contributed by atoms with Crippen molar-refractivity contribution in [2.45, 2.75) is 29.7 Å². The Balaban J connectivity index is 0.00000176. The molecule has 0 saturated carbocycles. The molecule has 8 heteroatoms. The average molecular weight is 380 g/mol. The maximum absolute atomic E-state index is 6.00. The van der Waals surface area contributed by atoms with Crippen molar-refractivity contribution in [1.82, 2.24) is 15.5 Å². The lowest BCUT2D eigenvalue weighted by molar-refractivity contribution is -0.00000472. The van der Waals surface area contributed by atoms with E-state index in [0.29, 0.717) is 21.2 Å². The predicted molar refractivity (Wildman–Crippen MR) is 85.2 cm³/mol. The Bertz CT molecular complexity index is 617. The average Bonchev–Trinajstić information content (AvgIpc) is 2.98. The lowest BCUT2D eigenvalue weighted by atomic mass is 9.98. The number of rotatable bonds is 4. The van der Waals surface area contributed by atoms with Gasteiger partial charge in [-0.2, -0.15) is 0 Å². The molecule has 1 saturated heterocycles. The molecule has 1 N–H and O–H groups in total. The standard InChI is InChI=1S/C14H15Cl2N3OS.ClH/c15-11-2-1-9(7-12(11)16)8-21-14-19-18-13(20-14)10-3-5-17-6-4-10;/h1-2,7,10,17H,3-6,8H2;1H/p-1. The van der Waals surface area contributed by atoms with E-state index >= 15 is 0 Å². The van der Waals surface area contributed by atoms with Crippen molar-refractivity contribution in [3.8, 4) is 0 Å². The lowest BCUT2D eigenvalue weighted by Gasteiger charge is -2.18. The molecule has 0 unspecified atom stereocenters. The first-order valence-electron chi connectivity index (χ1n) is 6.83. The van der Waals surface area contributed by atoms with Crippen LogP contribution in [0, 0.1) is 0 Å². The van der Waals surface area contributed by atoms with Gasteiger partial charge in [0.15, 0.2) is 0 Å². The van der Waals surface area contributed by atoms with E-state index in [1.807, 2.05) is 12.1 Å². The van der Waals surface area contributed by atoms with Gasteiger partial charge >= 0.3 is 0 Å². The number of nitrogens with one attached hydrogen (secondary N) is 1. The molecule has 1 aliphatic heterocycles. The number of hydrogen-bond acceptors (Lipinski definition) is 5. The Hall–Kier alpha value is -0.460. The predicted octanol–water partition coefficient (Wildman–Crippen LogP) is 1.14. The summed E-state index contributed by atoms with van der Waals surface area (Å²) in [7, 11) is 0. The van der Waals surface area contributed by atoms with Crippen LogP contribution in [0.2, 0.25) is 10.0 Å². The van der Waals surface area contributed by atoms with Gasteiger partial charge in [-0.1, -0.05) is 41.0 Å². The van der Waals surface area contributed by atoms with Crippen molar-refractivity contribution in [2.24, 2.45) is 0 Å². The fourth-order valence-electron chi connectivity index (χ4n) is 2.29. The number of hydrogen-bond donors (Lipinski definition) is 1. The van der Waals surface area contributed by atoms with Gasteiger partial charge in [-0.3, -0.25) is 0 Å². The third-order valence-corrected chi connectivity index (χ3v) is 5.09. The first-order chi connectivity index (χ1) is 10.2. The van der Waals surface area contributed by atoms with E-state index in [4.69, 9.17) is 27.6 Å². The molecule has 0 amide bonds. The maximum Gasteiger partial charge on any atom is 0.276 e. The van der Waals surface area contributed by atoms with Crippen molar-refractivity contribution in [3.05, 3.63) is 39.7 Å². The molecule has 0 radical (unpaired) electrons. The minimum atomic E-state index is 0. The highest BCUT2D eigenvalue weighted by Crippen LogP contribution is 2.29. The second-order valence-corrected chi connectivity index (χ2v) is 6.71. The van der Waals surface area contributed by atoms with Crippen LogP contribution in [0.15, 0.2) is 27.8 Å². The van der Waals surface area contributed by atoms with Gasteiger partial charge in [0, 0.05) is 11.7 Å². The summed E-state index contributed by atoms with van der Waals surface area (Å²) in [5, 5.41) is 13.4. The topological polar surface area (TPSA) is 51.0 Å². The second-order valence-electron chi connectivity index (χ2n) is 4.97. The van der Waals surface area contributed by atoms with E-state index < -0.39 is 0 Å². The fraction of sp³-hybridized carbons (Fsp3) is 0.429. The molecular weight excluding hydrogens is 365 g/mol. The van der Waals surface area contributed by atoms with Crippen LogP contribution >= 0.6 is 35.0 Å². The summed E-state index contributed by atoms with van der Waals surface area (Å²) in [5.74, 6) is 1.87.